The summed E-state index contributed by atoms with van der Waals surface area (Å²) in [6.07, 6.45) is 1.15. The molecule has 0 aliphatic carbocycles. The normalized spacial score (nSPS) is 15.6. The lowest BCUT2D eigenvalue weighted by atomic mass is 9.95. The highest BCUT2D eigenvalue weighted by Gasteiger charge is 2.34. The van der Waals surface area contributed by atoms with E-state index in [1.807, 2.05) is 13.8 Å². The Morgan fingerprint density at radius 3 is 2.59 bits per heavy atom. The quantitative estimate of drug-likeness (QED) is 0.554. The van der Waals surface area contributed by atoms with Crippen LogP contribution < -0.4 is 4.74 Å². The molecule has 0 saturated heterocycles. The lowest BCUT2D eigenvalue weighted by molar-refractivity contribution is 0.0667. The van der Waals surface area contributed by atoms with Crippen LogP contribution in [0.2, 0.25) is 0 Å². The van der Waals surface area contributed by atoms with E-state index in [4.69, 9.17) is 4.74 Å². The summed E-state index contributed by atoms with van der Waals surface area (Å²) in [5.74, 6) is -2.42. The first-order chi connectivity index (χ1) is 15.3. The molecule has 1 aliphatic heterocycles. The summed E-state index contributed by atoms with van der Waals surface area (Å²) in [4.78, 5) is 14.8. The second-order valence-corrected chi connectivity index (χ2v) is 7.88. The maximum Gasteiger partial charge on any atom is 0.257 e. The van der Waals surface area contributed by atoms with Crippen molar-refractivity contribution in [3.05, 3.63) is 70.7 Å². The minimum atomic E-state index is -0.680. The van der Waals surface area contributed by atoms with Crippen molar-refractivity contribution in [1.82, 2.24) is 14.7 Å². The molecule has 0 N–H and O–H groups in total. The Hall–Kier alpha value is -3.29. The highest BCUT2D eigenvalue weighted by Crippen LogP contribution is 2.37. The average Bonchev–Trinajstić information content (AvgIpc) is 3.09. The molecular weight excluding hydrogens is 419 g/mol. The van der Waals surface area contributed by atoms with Crippen LogP contribution in [0.3, 0.4) is 0 Å². The number of carbonyl (C=O) groups is 1. The van der Waals surface area contributed by atoms with E-state index in [9.17, 15) is 18.0 Å². The Bertz CT molecular complexity index is 1160. The fourth-order valence-corrected chi connectivity index (χ4v) is 4.23. The van der Waals surface area contributed by atoms with Crippen LogP contribution in [0.25, 0.3) is 11.3 Å². The Balaban J connectivity index is 1.67. The third-order valence-electron chi connectivity index (χ3n) is 5.69. The van der Waals surface area contributed by atoms with Gasteiger partial charge in [0.1, 0.15) is 11.6 Å². The number of aromatic nitrogens is 2. The second kappa shape index (κ2) is 8.68. The number of hydrogen-bond acceptors (Lipinski definition) is 3. The van der Waals surface area contributed by atoms with Gasteiger partial charge in [-0.1, -0.05) is 13.0 Å². The maximum atomic E-state index is 14.9. The van der Waals surface area contributed by atoms with Gasteiger partial charge in [-0.05, 0) is 44.0 Å². The second-order valence-electron chi connectivity index (χ2n) is 7.88. The molecule has 5 nitrogen and oxygen atoms in total. The standard InChI is InChI=1S/C24H24F3N3O2/c1-4-10-32-20-7-5-6-18(21(20)27)24(31)30-9-8-19-22(14(30)2)28-29(3)23(19)15-11-16(25)13-17(26)12-15/h5-7,11-14H,4,8-10H2,1-3H3/t14-/m0/s1. The van der Waals surface area contributed by atoms with E-state index in [1.54, 1.807) is 22.7 Å². The zero-order valence-electron chi connectivity index (χ0n) is 18.2. The zero-order chi connectivity index (χ0) is 23.0. The molecule has 1 aromatic heterocycles. The minimum Gasteiger partial charge on any atom is -0.491 e. The molecule has 168 valence electrons. The van der Waals surface area contributed by atoms with Crippen molar-refractivity contribution in [2.24, 2.45) is 7.05 Å². The first-order valence-corrected chi connectivity index (χ1v) is 10.6. The van der Waals surface area contributed by atoms with Crippen molar-refractivity contribution in [2.75, 3.05) is 13.2 Å². The number of ether oxygens (including phenoxy) is 1. The highest BCUT2D eigenvalue weighted by molar-refractivity contribution is 5.95. The summed E-state index contributed by atoms with van der Waals surface area (Å²) in [5.41, 5.74) is 2.40. The molecule has 0 unspecified atom stereocenters. The Labute approximate surface area is 184 Å². The predicted octanol–water partition coefficient (Wildman–Crippen LogP) is 5.05. The third kappa shape index (κ3) is 3.85. The van der Waals surface area contributed by atoms with Crippen LogP contribution in [0.15, 0.2) is 36.4 Å². The van der Waals surface area contributed by atoms with E-state index in [-0.39, 0.29) is 11.3 Å². The van der Waals surface area contributed by atoms with Crippen LogP contribution in [0.5, 0.6) is 5.75 Å². The Morgan fingerprint density at radius 1 is 1.19 bits per heavy atom. The van der Waals surface area contributed by atoms with Crippen LogP contribution in [-0.2, 0) is 13.5 Å². The van der Waals surface area contributed by atoms with Crippen LogP contribution in [0.1, 0.15) is 47.9 Å². The first kappa shape index (κ1) is 21.9. The summed E-state index contributed by atoms with van der Waals surface area (Å²) in [6, 6.07) is 7.45. The molecule has 2 heterocycles. The number of amides is 1. The number of rotatable bonds is 5. The Kier molecular flexibility index (Phi) is 5.95. The zero-order valence-corrected chi connectivity index (χ0v) is 18.2. The highest BCUT2D eigenvalue weighted by atomic mass is 19.1. The molecule has 0 radical (unpaired) electrons. The van der Waals surface area contributed by atoms with Crippen LogP contribution in [0.4, 0.5) is 13.2 Å². The molecule has 1 aliphatic rings. The van der Waals surface area contributed by atoms with Gasteiger partial charge in [-0.3, -0.25) is 9.48 Å². The molecule has 0 bridgehead atoms. The number of benzene rings is 2. The monoisotopic (exact) mass is 443 g/mol. The third-order valence-corrected chi connectivity index (χ3v) is 5.69. The van der Waals surface area contributed by atoms with E-state index in [2.05, 4.69) is 5.10 Å². The molecule has 1 atom stereocenters. The molecule has 0 saturated carbocycles. The van der Waals surface area contributed by atoms with Crippen LogP contribution in [-0.4, -0.2) is 33.7 Å². The summed E-state index contributed by atoms with van der Waals surface area (Å²) >= 11 is 0. The maximum absolute atomic E-state index is 14.9. The van der Waals surface area contributed by atoms with Gasteiger partial charge in [-0.2, -0.15) is 5.10 Å². The van der Waals surface area contributed by atoms with E-state index in [0.717, 1.165) is 18.1 Å². The van der Waals surface area contributed by atoms with Gasteiger partial charge in [-0.25, -0.2) is 13.2 Å². The lowest BCUT2D eigenvalue weighted by Crippen LogP contribution is -2.39. The lowest BCUT2D eigenvalue weighted by Gasteiger charge is -2.33. The number of hydrogen-bond donors (Lipinski definition) is 0. The fraction of sp³-hybridized carbons (Fsp3) is 0.333. The van der Waals surface area contributed by atoms with Gasteiger partial charge >= 0.3 is 0 Å². The number of fused-ring (bicyclic) bond motifs is 1. The SMILES string of the molecule is CCCOc1cccc(C(=O)N2CCc3c(nn(C)c3-c3cc(F)cc(F)c3)[C@@H]2C)c1F. The largest absolute Gasteiger partial charge is 0.491 e. The van der Waals surface area contributed by atoms with Gasteiger partial charge in [0, 0.05) is 30.8 Å². The molecule has 2 aromatic carbocycles. The molecule has 4 rings (SSSR count). The van der Waals surface area contributed by atoms with Gasteiger partial charge in [0.2, 0.25) is 0 Å². The first-order valence-electron chi connectivity index (χ1n) is 10.6. The van der Waals surface area contributed by atoms with E-state index in [1.165, 1.54) is 24.3 Å². The molecule has 3 aromatic rings. The summed E-state index contributed by atoms with van der Waals surface area (Å²) < 4.78 is 49.5. The van der Waals surface area contributed by atoms with Crippen molar-refractivity contribution >= 4 is 5.91 Å². The predicted molar refractivity (Wildman–Crippen MR) is 114 cm³/mol. The van der Waals surface area contributed by atoms with Crippen molar-refractivity contribution < 1.29 is 22.7 Å². The smallest absolute Gasteiger partial charge is 0.257 e. The number of aryl methyl sites for hydroxylation is 1. The van der Waals surface area contributed by atoms with Crippen LogP contribution in [0, 0.1) is 17.5 Å². The molecule has 32 heavy (non-hydrogen) atoms. The van der Waals surface area contributed by atoms with E-state index < -0.39 is 29.4 Å². The van der Waals surface area contributed by atoms with Crippen molar-refractivity contribution in [1.29, 1.82) is 0 Å². The van der Waals surface area contributed by atoms with Gasteiger partial charge in [0.15, 0.2) is 11.6 Å². The van der Waals surface area contributed by atoms with Crippen molar-refractivity contribution in [3.8, 4) is 17.0 Å². The van der Waals surface area contributed by atoms with Crippen LogP contribution >= 0.6 is 0 Å². The molecule has 8 heteroatoms. The Morgan fingerprint density at radius 2 is 1.91 bits per heavy atom. The molecule has 0 fully saturated rings. The molecule has 0 spiro atoms. The molecule has 1 amide bonds. The number of nitrogens with zero attached hydrogens (tertiary/aromatic N) is 3. The summed E-state index contributed by atoms with van der Waals surface area (Å²) in [7, 11) is 1.70. The topological polar surface area (TPSA) is 47.4 Å². The molecular formula is C24H24F3N3O2. The van der Waals surface area contributed by atoms with E-state index >= 15 is 0 Å². The van der Waals surface area contributed by atoms with Gasteiger partial charge < -0.3 is 9.64 Å². The fourth-order valence-electron chi connectivity index (χ4n) is 4.23. The average molecular weight is 443 g/mol. The van der Waals surface area contributed by atoms with E-state index in [0.29, 0.717) is 36.5 Å². The van der Waals surface area contributed by atoms with Gasteiger partial charge in [0.05, 0.1) is 29.6 Å². The van der Waals surface area contributed by atoms with Gasteiger partial charge in [0.25, 0.3) is 5.91 Å². The van der Waals surface area contributed by atoms with Crippen molar-refractivity contribution in [2.45, 2.75) is 32.7 Å². The summed E-state index contributed by atoms with van der Waals surface area (Å²) in [5, 5.41) is 4.53. The number of carbonyl (C=O) groups excluding carboxylic acids is 1. The number of halogens is 3. The minimum absolute atomic E-state index is 0.0521. The van der Waals surface area contributed by atoms with Crippen molar-refractivity contribution in [3.63, 3.8) is 0 Å². The summed E-state index contributed by atoms with van der Waals surface area (Å²) in [6.45, 7) is 4.41. The van der Waals surface area contributed by atoms with Gasteiger partial charge in [-0.15, -0.1) is 0 Å².